The first-order chi connectivity index (χ1) is 12.1. The van der Waals surface area contributed by atoms with Gasteiger partial charge in [-0.25, -0.2) is 0 Å². The zero-order valence-corrected chi connectivity index (χ0v) is 14.2. The molecule has 4 nitrogen and oxygen atoms in total. The van der Waals surface area contributed by atoms with Gasteiger partial charge in [0.05, 0.1) is 6.10 Å². The van der Waals surface area contributed by atoms with Crippen LogP contribution < -0.4 is 0 Å². The number of benzene rings is 1. The first kappa shape index (κ1) is 18.9. The summed E-state index contributed by atoms with van der Waals surface area (Å²) in [6.45, 7) is 0. The van der Waals surface area contributed by atoms with Gasteiger partial charge in [-0.15, -0.1) is 0 Å². The highest BCUT2D eigenvalue weighted by Gasteiger charge is 2.20. The highest BCUT2D eigenvalue weighted by molar-refractivity contribution is 6.07. The van der Waals surface area contributed by atoms with Crippen LogP contribution in [0.3, 0.4) is 0 Å². The fraction of sp³-hybridized carbons (Fsp3) is 0.333. The topological polar surface area (TPSA) is 74.6 Å². The minimum atomic E-state index is -0.768. The molecular weight excluding hydrogens is 316 g/mol. The number of carboxylic acids is 1. The van der Waals surface area contributed by atoms with Gasteiger partial charge in [0.15, 0.2) is 5.78 Å². The van der Waals surface area contributed by atoms with E-state index < -0.39 is 12.1 Å². The van der Waals surface area contributed by atoms with E-state index in [1.807, 2.05) is 48.6 Å². The predicted molar refractivity (Wildman–Crippen MR) is 97.0 cm³/mol. The van der Waals surface area contributed by atoms with Crippen molar-refractivity contribution >= 4 is 11.8 Å². The van der Waals surface area contributed by atoms with Crippen molar-refractivity contribution in [3.05, 3.63) is 71.8 Å². The third-order valence-corrected chi connectivity index (χ3v) is 4.20. The standard InChI is InChI=1S/C21H24O4/c22-19(17-8-4-3-5-9-17)14-12-16-13-15-20(23)18(16)10-6-1-2-7-11-21(24)25/h3-5,8-10,12-16,19,22H,1-2,6-7,11H2,(H,24,25). The van der Waals surface area contributed by atoms with Gasteiger partial charge in [0, 0.05) is 17.9 Å². The number of rotatable bonds is 9. The first-order valence-corrected chi connectivity index (χ1v) is 8.63. The van der Waals surface area contributed by atoms with E-state index in [0.29, 0.717) is 6.42 Å². The van der Waals surface area contributed by atoms with E-state index in [-0.39, 0.29) is 18.1 Å². The van der Waals surface area contributed by atoms with E-state index >= 15 is 0 Å². The van der Waals surface area contributed by atoms with Crippen LogP contribution >= 0.6 is 0 Å². The molecule has 2 N–H and O–H groups in total. The lowest BCUT2D eigenvalue weighted by atomic mass is 9.98. The maximum atomic E-state index is 12.0. The minimum Gasteiger partial charge on any atom is -0.481 e. The smallest absolute Gasteiger partial charge is 0.303 e. The maximum absolute atomic E-state index is 12.0. The molecule has 0 radical (unpaired) electrons. The Morgan fingerprint density at radius 1 is 1.16 bits per heavy atom. The summed E-state index contributed by atoms with van der Waals surface area (Å²) in [6, 6.07) is 9.37. The van der Waals surface area contributed by atoms with Crippen LogP contribution in [-0.4, -0.2) is 22.0 Å². The summed E-state index contributed by atoms with van der Waals surface area (Å²) in [4.78, 5) is 22.4. The number of ketones is 1. The summed E-state index contributed by atoms with van der Waals surface area (Å²) in [7, 11) is 0. The molecule has 2 unspecified atom stereocenters. The van der Waals surface area contributed by atoms with Gasteiger partial charge in [-0.2, -0.15) is 0 Å². The normalized spacial score (nSPS) is 19.8. The molecule has 0 aromatic heterocycles. The van der Waals surface area contributed by atoms with Crippen molar-refractivity contribution in [2.24, 2.45) is 5.92 Å². The molecule has 0 amide bonds. The number of carbonyl (C=O) groups is 2. The molecule has 25 heavy (non-hydrogen) atoms. The number of aliphatic carboxylic acids is 1. The molecule has 0 fully saturated rings. The third-order valence-electron chi connectivity index (χ3n) is 4.20. The van der Waals surface area contributed by atoms with Gasteiger partial charge in [0.2, 0.25) is 0 Å². The van der Waals surface area contributed by atoms with Crippen LogP contribution in [0.5, 0.6) is 0 Å². The van der Waals surface area contributed by atoms with E-state index in [2.05, 4.69) is 0 Å². The second-order valence-corrected chi connectivity index (χ2v) is 6.14. The van der Waals surface area contributed by atoms with E-state index in [0.717, 1.165) is 30.4 Å². The molecule has 2 rings (SSSR count). The Morgan fingerprint density at radius 3 is 2.64 bits per heavy atom. The largest absolute Gasteiger partial charge is 0.481 e. The molecule has 0 heterocycles. The summed E-state index contributed by atoms with van der Waals surface area (Å²) in [5.74, 6) is -0.866. The number of allylic oxidation sites excluding steroid dienone is 5. The average molecular weight is 340 g/mol. The lowest BCUT2D eigenvalue weighted by Gasteiger charge is -2.08. The lowest BCUT2D eigenvalue weighted by molar-refractivity contribution is -0.137. The molecule has 1 aromatic rings. The van der Waals surface area contributed by atoms with Gasteiger partial charge in [0.25, 0.3) is 0 Å². The van der Waals surface area contributed by atoms with Crippen LogP contribution in [0.15, 0.2) is 66.3 Å². The molecule has 1 aromatic carbocycles. The van der Waals surface area contributed by atoms with Crippen molar-refractivity contribution < 1.29 is 19.8 Å². The first-order valence-electron chi connectivity index (χ1n) is 8.63. The van der Waals surface area contributed by atoms with Gasteiger partial charge in [-0.1, -0.05) is 61.1 Å². The summed E-state index contributed by atoms with van der Waals surface area (Å²) in [6.07, 6.45) is 11.5. The summed E-state index contributed by atoms with van der Waals surface area (Å²) < 4.78 is 0. The van der Waals surface area contributed by atoms with E-state index in [1.54, 1.807) is 12.2 Å². The van der Waals surface area contributed by atoms with Crippen LogP contribution in [0.2, 0.25) is 0 Å². The van der Waals surface area contributed by atoms with Crippen LogP contribution in [0.4, 0.5) is 0 Å². The second kappa shape index (κ2) is 9.74. The molecule has 0 aliphatic heterocycles. The number of carbonyl (C=O) groups excluding carboxylic acids is 1. The van der Waals surface area contributed by atoms with Gasteiger partial charge < -0.3 is 10.2 Å². The lowest BCUT2D eigenvalue weighted by Crippen LogP contribution is -2.01. The zero-order valence-electron chi connectivity index (χ0n) is 14.2. The number of hydrogen-bond acceptors (Lipinski definition) is 3. The van der Waals surface area contributed by atoms with Gasteiger partial charge >= 0.3 is 5.97 Å². The average Bonchev–Trinajstić information content (AvgIpc) is 2.96. The maximum Gasteiger partial charge on any atom is 0.303 e. The highest BCUT2D eigenvalue weighted by atomic mass is 16.4. The summed E-state index contributed by atoms with van der Waals surface area (Å²) in [5.41, 5.74) is 1.55. The van der Waals surface area contributed by atoms with Crippen LogP contribution in [0.1, 0.15) is 43.8 Å². The van der Waals surface area contributed by atoms with Crippen molar-refractivity contribution in [2.45, 2.75) is 38.2 Å². The molecule has 4 heteroatoms. The Morgan fingerprint density at radius 2 is 1.92 bits per heavy atom. The van der Waals surface area contributed by atoms with Crippen LogP contribution in [-0.2, 0) is 9.59 Å². The predicted octanol–water partition coefficient (Wildman–Crippen LogP) is 3.99. The Kier molecular flexibility index (Phi) is 7.36. The molecule has 1 aliphatic rings. The highest BCUT2D eigenvalue weighted by Crippen LogP contribution is 2.25. The van der Waals surface area contributed by atoms with Crippen LogP contribution in [0, 0.1) is 5.92 Å². The van der Waals surface area contributed by atoms with Crippen molar-refractivity contribution in [3.8, 4) is 0 Å². The van der Waals surface area contributed by atoms with Gasteiger partial charge in [0.1, 0.15) is 0 Å². The molecule has 0 saturated heterocycles. The molecular formula is C21H24O4. The molecule has 1 aliphatic carbocycles. The number of aliphatic hydroxyl groups excluding tert-OH is 1. The zero-order chi connectivity index (χ0) is 18.1. The van der Waals surface area contributed by atoms with Crippen molar-refractivity contribution in [2.75, 3.05) is 0 Å². The van der Waals surface area contributed by atoms with E-state index in [1.165, 1.54) is 0 Å². The second-order valence-electron chi connectivity index (χ2n) is 6.14. The molecule has 132 valence electrons. The quantitative estimate of drug-likeness (QED) is 0.405. The van der Waals surface area contributed by atoms with Gasteiger partial charge in [-0.3, -0.25) is 9.59 Å². The minimum absolute atomic E-state index is 0.00869. The molecule has 2 atom stereocenters. The van der Waals surface area contributed by atoms with Crippen molar-refractivity contribution in [1.29, 1.82) is 0 Å². The molecule has 0 saturated carbocycles. The Hall–Kier alpha value is -2.46. The fourth-order valence-corrected chi connectivity index (χ4v) is 2.80. The summed E-state index contributed by atoms with van der Waals surface area (Å²) in [5, 5.41) is 18.8. The molecule has 0 spiro atoms. The van der Waals surface area contributed by atoms with Gasteiger partial charge in [-0.05, 0) is 30.9 Å². The SMILES string of the molecule is O=C(O)CCCCCC=C1C(=O)C=CC1C=CC(O)c1ccccc1. The summed E-state index contributed by atoms with van der Waals surface area (Å²) >= 11 is 0. The third kappa shape index (κ3) is 6.16. The number of carboxylic acid groups (broad SMARTS) is 1. The van der Waals surface area contributed by atoms with E-state index in [4.69, 9.17) is 5.11 Å². The molecule has 0 bridgehead atoms. The monoisotopic (exact) mass is 340 g/mol. The Labute approximate surface area is 148 Å². The van der Waals surface area contributed by atoms with Crippen molar-refractivity contribution in [1.82, 2.24) is 0 Å². The number of aliphatic hydroxyl groups is 1. The Balaban J connectivity index is 1.87. The Bertz CT molecular complexity index is 670. The number of unbranched alkanes of at least 4 members (excludes halogenated alkanes) is 3. The van der Waals surface area contributed by atoms with Crippen molar-refractivity contribution in [3.63, 3.8) is 0 Å². The number of hydrogen-bond donors (Lipinski definition) is 2. The van der Waals surface area contributed by atoms with Crippen LogP contribution in [0.25, 0.3) is 0 Å². The fourth-order valence-electron chi connectivity index (χ4n) is 2.80. The van der Waals surface area contributed by atoms with E-state index in [9.17, 15) is 14.7 Å².